The maximum atomic E-state index is 12.2. The first-order valence-corrected chi connectivity index (χ1v) is 7.00. The Bertz CT molecular complexity index is 807. The van der Waals surface area contributed by atoms with Crippen molar-refractivity contribution in [2.24, 2.45) is 0 Å². The third kappa shape index (κ3) is 2.51. The molecule has 0 bridgehead atoms. The Morgan fingerprint density at radius 1 is 1.05 bits per heavy atom. The van der Waals surface area contributed by atoms with E-state index in [1.54, 1.807) is 14.0 Å². The predicted molar refractivity (Wildman–Crippen MR) is 86.0 cm³/mol. The number of hydrogen-bond donors (Lipinski definition) is 1. The van der Waals surface area contributed by atoms with Gasteiger partial charge in [0.05, 0.1) is 18.4 Å². The smallest absolute Gasteiger partial charge is 0.164 e. The Morgan fingerprint density at radius 2 is 1.77 bits per heavy atom. The highest BCUT2D eigenvalue weighted by atomic mass is 16.5. The zero-order valence-corrected chi connectivity index (χ0v) is 12.5. The van der Waals surface area contributed by atoms with Crippen LogP contribution in [-0.2, 0) is 0 Å². The number of carbonyl (C=O) groups is 1. The lowest BCUT2D eigenvalue weighted by Gasteiger charge is -2.05. The molecule has 3 rings (SSSR count). The highest BCUT2D eigenvalue weighted by Gasteiger charge is 2.19. The van der Waals surface area contributed by atoms with Crippen molar-refractivity contribution in [3.8, 4) is 28.3 Å². The van der Waals surface area contributed by atoms with E-state index < -0.39 is 0 Å². The quantitative estimate of drug-likeness (QED) is 0.741. The van der Waals surface area contributed by atoms with Gasteiger partial charge in [0.1, 0.15) is 11.4 Å². The molecule has 0 saturated carbocycles. The average Bonchev–Trinajstić information content (AvgIpc) is 3.01. The topological polar surface area (TPSA) is 55.0 Å². The summed E-state index contributed by atoms with van der Waals surface area (Å²) in [6.07, 6.45) is 0. The number of hydrogen-bond acceptors (Lipinski definition) is 3. The van der Waals surface area contributed by atoms with E-state index in [1.165, 1.54) is 0 Å². The first kappa shape index (κ1) is 14.1. The second-order valence-corrected chi connectivity index (χ2v) is 4.98. The average molecular weight is 292 g/mol. The lowest BCUT2D eigenvalue weighted by molar-refractivity contribution is 0.101. The maximum Gasteiger partial charge on any atom is 0.164 e. The molecule has 0 aliphatic carbocycles. The molecule has 0 unspecified atom stereocenters. The van der Waals surface area contributed by atoms with E-state index in [0.29, 0.717) is 11.3 Å². The van der Waals surface area contributed by atoms with E-state index in [4.69, 9.17) is 4.74 Å². The third-order valence-corrected chi connectivity index (χ3v) is 3.52. The number of ether oxygens (including phenoxy) is 1. The van der Waals surface area contributed by atoms with Gasteiger partial charge in [0, 0.05) is 11.1 Å². The standard InChI is InChI=1S/C18H16N2O2/c1-12(21)16-17(13-7-4-3-5-8-13)19-20-18(16)14-9-6-10-15(11-14)22-2/h3-11H,1-2H3,(H,19,20). The molecule has 0 saturated heterocycles. The Labute approximate surface area is 128 Å². The number of carbonyl (C=O) groups excluding carboxylic acids is 1. The van der Waals surface area contributed by atoms with Crippen LogP contribution in [0.1, 0.15) is 17.3 Å². The Kier molecular flexibility index (Phi) is 3.74. The predicted octanol–water partition coefficient (Wildman–Crippen LogP) is 3.95. The number of benzene rings is 2. The van der Waals surface area contributed by atoms with E-state index in [2.05, 4.69) is 10.2 Å². The number of ketones is 1. The van der Waals surface area contributed by atoms with E-state index in [1.807, 2.05) is 54.6 Å². The Balaban J connectivity index is 2.17. The molecule has 0 aliphatic heterocycles. The van der Waals surface area contributed by atoms with Gasteiger partial charge in [-0.3, -0.25) is 9.89 Å². The molecule has 4 heteroatoms. The fourth-order valence-corrected chi connectivity index (χ4v) is 2.48. The van der Waals surface area contributed by atoms with Gasteiger partial charge in [-0.15, -0.1) is 0 Å². The van der Waals surface area contributed by atoms with Crippen LogP contribution in [-0.4, -0.2) is 23.1 Å². The summed E-state index contributed by atoms with van der Waals surface area (Å²) < 4.78 is 5.25. The van der Waals surface area contributed by atoms with Gasteiger partial charge in [0.2, 0.25) is 0 Å². The molecule has 0 aliphatic rings. The molecule has 1 aromatic heterocycles. The number of methoxy groups -OCH3 is 1. The summed E-state index contributed by atoms with van der Waals surface area (Å²) in [6.45, 7) is 1.56. The van der Waals surface area contributed by atoms with Crippen LogP contribution in [0, 0.1) is 0 Å². The van der Waals surface area contributed by atoms with Crippen LogP contribution >= 0.6 is 0 Å². The summed E-state index contributed by atoms with van der Waals surface area (Å²) in [5.74, 6) is 0.710. The van der Waals surface area contributed by atoms with Crippen LogP contribution in [0.2, 0.25) is 0 Å². The van der Waals surface area contributed by atoms with Gasteiger partial charge in [-0.05, 0) is 19.1 Å². The molecule has 3 aromatic rings. The van der Waals surface area contributed by atoms with Crippen molar-refractivity contribution >= 4 is 5.78 Å². The Morgan fingerprint density at radius 3 is 2.45 bits per heavy atom. The minimum atomic E-state index is -0.0228. The number of nitrogens with one attached hydrogen (secondary N) is 1. The van der Waals surface area contributed by atoms with Gasteiger partial charge in [0.15, 0.2) is 5.78 Å². The van der Waals surface area contributed by atoms with Crippen molar-refractivity contribution in [1.82, 2.24) is 10.2 Å². The number of nitrogens with zero attached hydrogens (tertiary/aromatic N) is 1. The molecule has 1 heterocycles. The summed E-state index contributed by atoms with van der Waals surface area (Å²) in [5.41, 5.74) is 3.77. The molecule has 0 fully saturated rings. The molecular weight excluding hydrogens is 276 g/mol. The molecule has 1 N–H and O–H groups in total. The first-order chi connectivity index (χ1) is 10.7. The normalized spacial score (nSPS) is 10.5. The minimum Gasteiger partial charge on any atom is -0.497 e. The number of aromatic nitrogens is 2. The number of H-pyrrole nitrogens is 1. The number of aromatic amines is 1. The molecule has 0 spiro atoms. The number of Topliss-reactive ketones (excluding diaryl/α,β-unsaturated/α-hetero) is 1. The SMILES string of the molecule is COc1cccc(-c2n[nH]c(-c3ccccc3)c2C(C)=O)c1. The zero-order chi connectivity index (χ0) is 15.5. The minimum absolute atomic E-state index is 0.0228. The zero-order valence-electron chi connectivity index (χ0n) is 12.5. The monoisotopic (exact) mass is 292 g/mol. The second kappa shape index (κ2) is 5.85. The Hall–Kier alpha value is -2.88. The van der Waals surface area contributed by atoms with Crippen LogP contribution in [0.3, 0.4) is 0 Å². The van der Waals surface area contributed by atoms with E-state index >= 15 is 0 Å². The third-order valence-electron chi connectivity index (χ3n) is 3.52. The van der Waals surface area contributed by atoms with E-state index in [9.17, 15) is 4.79 Å². The largest absolute Gasteiger partial charge is 0.497 e. The molecule has 110 valence electrons. The molecule has 0 atom stereocenters. The fraction of sp³-hybridized carbons (Fsp3) is 0.111. The van der Waals surface area contributed by atoms with Gasteiger partial charge in [0.25, 0.3) is 0 Å². The lowest BCUT2D eigenvalue weighted by Crippen LogP contribution is -1.96. The van der Waals surface area contributed by atoms with Gasteiger partial charge in [-0.25, -0.2) is 0 Å². The summed E-state index contributed by atoms with van der Waals surface area (Å²) in [6, 6.07) is 17.3. The molecule has 2 aromatic carbocycles. The summed E-state index contributed by atoms with van der Waals surface area (Å²) >= 11 is 0. The van der Waals surface area contributed by atoms with Crippen LogP contribution < -0.4 is 4.74 Å². The van der Waals surface area contributed by atoms with Crippen molar-refractivity contribution in [3.63, 3.8) is 0 Å². The van der Waals surface area contributed by atoms with Crippen LogP contribution in [0.4, 0.5) is 0 Å². The van der Waals surface area contributed by atoms with Crippen LogP contribution in [0.25, 0.3) is 22.5 Å². The van der Waals surface area contributed by atoms with Crippen LogP contribution in [0.15, 0.2) is 54.6 Å². The lowest BCUT2D eigenvalue weighted by atomic mass is 9.99. The highest BCUT2D eigenvalue weighted by molar-refractivity contribution is 6.05. The number of rotatable bonds is 4. The van der Waals surface area contributed by atoms with Gasteiger partial charge >= 0.3 is 0 Å². The van der Waals surface area contributed by atoms with Crippen molar-refractivity contribution in [1.29, 1.82) is 0 Å². The second-order valence-electron chi connectivity index (χ2n) is 4.98. The molecule has 4 nitrogen and oxygen atoms in total. The van der Waals surface area contributed by atoms with Crippen molar-refractivity contribution in [3.05, 3.63) is 60.2 Å². The molecule has 0 radical (unpaired) electrons. The van der Waals surface area contributed by atoms with Gasteiger partial charge < -0.3 is 4.74 Å². The maximum absolute atomic E-state index is 12.2. The van der Waals surface area contributed by atoms with E-state index in [-0.39, 0.29) is 5.78 Å². The molecule has 0 amide bonds. The van der Waals surface area contributed by atoms with Crippen molar-refractivity contribution < 1.29 is 9.53 Å². The summed E-state index contributed by atoms with van der Waals surface area (Å²) in [7, 11) is 1.62. The van der Waals surface area contributed by atoms with Crippen LogP contribution in [0.5, 0.6) is 5.75 Å². The van der Waals surface area contributed by atoms with Gasteiger partial charge in [-0.1, -0.05) is 42.5 Å². The summed E-state index contributed by atoms with van der Waals surface area (Å²) in [4.78, 5) is 12.2. The van der Waals surface area contributed by atoms with Crippen molar-refractivity contribution in [2.75, 3.05) is 7.11 Å². The highest BCUT2D eigenvalue weighted by Crippen LogP contribution is 2.31. The van der Waals surface area contributed by atoms with Gasteiger partial charge in [-0.2, -0.15) is 5.10 Å². The molecular formula is C18H16N2O2. The van der Waals surface area contributed by atoms with E-state index in [0.717, 1.165) is 22.6 Å². The first-order valence-electron chi connectivity index (χ1n) is 7.00. The fourth-order valence-electron chi connectivity index (χ4n) is 2.48. The molecule has 22 heavy (non-hydrogen) atoms. The summed E-state index contributed by atoms with van der Waals surface area (Å²) in [5, 5.41) is 7.35. The van der Waals surface area contributed by atoms with Crippen molar-refractivity contribution in [2.45, 2.75) is 6.92 Å².